The molecule has 1 N–H and O–H groups in total. The zero-order valence-corrected chi connectivity index (χ0v) is 14.0. The third-order valence-electron chi connectivity index (χ3n) is 3.96. The quantitative estimate of drug-likeness (QED) is 0.781. The SMILES string of the molecule is CN(CC(=O)NCc1ccncc1)C(=O)c1ccc2ccccc2c1. The van der Waals surface area contributed by atoms with Gasteiger partial charge in [0.25, 0.3) is 5.91 Å². The number of rotatable bonds is 5. The number of amides is 2. The number of carbonyl (C=O) groups excluding carboxylic acids is 2. The first-order valence-electron chi connectivity index (χ1n) is 8.03. The predicted octanol–water partition coefficient (Wildman–Crippen LogP) is 2.62. The summed E-state index contributed by atoms with van der Waals surface area (Å²) in [4.78, 5) is 29.9. The van der Waals surface area contributed by atoms with Gasteiger partial charge < -0.3 is 10.2 Å². The molecule has 0 aliphatic heterocycles. The number of carbonyl (C=O) groups is 2. The number of aromatic nitrogens is 1. The van der Waals surface area contributed by atoms with E-state index in [1.807, 2.05) is 48.5 Å². The van der Waals surface area contributed by atoms with Gasteiger partial charge in [-0.15, -0.1) is 0 Å². The average Bonchev–Trinajstić information content (AvgIpc) is 2.66. The molecule has 0 spiro atoms. The van der Waals surface area contributed by atoms with Crippen LogP contribution in [0.4, 0.5) is 0 Å². The van der Waals surface area contributed by atoms with Gasteiger partial charge in [0.2, 0.25) is 5.91 Å². The summed E-state index contributed by atoms with van der Waals surface area (Å²) in [7, 11) is 1.63. The maximum Gasteiger partial charge on any atom is 0.254 e. The van der Waals surface area contributed by atoms with Crippen molar-refractivity contribution in [1.29, 1.82) is 0 Å². The Kier molecular flexibility index (Phi) is 5.04. The number of pyridine rings is 1. The number of hydrogen-bond acceptors (Lipinski definition) is 3. The first-order chi connectivity index (χ1) is 12.1. The van der Waals surface area contributed by atoms with E-state index >= 15 is 0 Å². The zero-order chi connectivity index (χ0) is 17.6. The lowest BCUT2D eigenvalue weighted by Crippen LogP contribution is -2.38. The molecule has 0 fully saturated rings. The fourth-order valence-corrected chi connectivity index (χ4v) is 2.59. The largest absolute Gasteiger partial charge is 0.350 e. The van der Waals surface area contributed by atoms with Crippen LogP contribution in [0.15, 0.2) is 67.0 Å². The van der Waals surface area contributed by atoms with Crippen LogP contribution in [0.2, 0.25) is 0 Å². The number of likely N-dealkylation sites (N-methyl/N-ethyl adjacent to an activating group) is 1. The second-order valence-electron chi connectivity index (χ2n) is 5.86. The van der Waals surface area contributed by atoms with Crippen molar-refractivity contribution in [2.45, 2.75) is 6.54 Å². The number of fused-ring (bicyclic) bond motifs is 1. The van der Waals surface area contributed by atoms with Crippen molar-refractivity contribution in [1.82, 2.24) is 15.2 Å². The van der Waals surface area contributed by atoms with Crippen molar-refractivity contribution < 1.29 is 9.59 Å². The van der Waals surface area contributed by atoms with Crippen LogP contribution in [-0.2, 0) is 11.3 Å². The van der Waals surface area contributed by atoms with Crippen LogP contribution in [-0.4, -0.2) is 35.3 Å². The topological polar surface area (TPSA) is 62.3 Å². The van der Waals surface area contributed by atoms with Gasteiger partial charge in [0.1, 0.15) is 0 Å². The van der Waals surface area contributed by atoms with E-state index in [2.05, 4.69) is 10.3 Å². The van der Waals surface area contributed by atoms with Gasteiger partial charge in [-0.25, -0.2) is 0 Å². The molecule has 0 atom stereocenters. The van der Waals surface area contributed by atoms with E-state index in [-0.39, 0.29) is 18.4 Å². The number of hydrogen-bond donors (Lipinski definition) is 1. The minimum Gasteiger partial charge on any atom is -0.350 e. The molecule has 0 radical (unpaired) electrons. The highest BCUT2D eigenvalue weighted by molar-refractivity contribution is 5.99. The summed E-state index contributed by atoms with van der Waals surface area (Å²) in [5.41, 5.74) is 1.54. The molecule has 0 unspecified atom stereocenters. The third-order valence-corrected chi connectivity index (χ3v) is 3.96. The van der Waals surface area contributed by atoms with Gasteiger partial charge in [0.15, 0.2) is 0 Å². The number of nitrogens with zero attached hydrogens (tertiary/aromatic N) is 2. The van der Waals surface area contributed by atoms with Gasteiger partial charge >= 0.3 is 0 Å². The molecule has 0 saturated carbocycles. The van der Waals surface area contributed by atoms with Crippen LogP contribution < -0.4 is 5.32 Å². The maximum absolute atomic E-state index is 12.5. The molecule has 5 heteroatoms. The molecule has 126 valence electrons. The van der Waals surface area contributed by atoms with E-state index < -0.39 is 0 Å². The van der Waals surface area contributed by atoms with Crippen molar-refractivity contribution in [2.75, 3.05) is 13.6 Å². The summed E-state index contributed by atoms with van der Waals surface area (Å²) >= 11 is 0. The molecular weight excluding hydrogens is 314 g/mol. The summed E-state index contributed by atoms with van der Waals surface area (Å²) in [6.07, 6.45) is 3.35. The maximum atomic E-state index is 12.5. The fourth-order valence-electron chi connectivity index (χ4n) is 2.59. The summed E-state index contributed by atoms with van der Waals surface area (Å²) in [5.74, 6) is -0.377. The minimum atomic E-state index is -0.201. The molecule has 3 aromatic rings. The molecule has 1 aromatic heterocycles. The normalized spacial score (nSPS) is 10.4. The van der Waals surface area contributed by atoms with E-state index in [0.717, 1.165) is 16.3 Å². The zero-order valence-electron chi connectivity index (χ0n) is 14.0. The van der Waals surface area contributed by atoms with E-state index in [4.69, 9.17) is 0 Å². The van der Waals surface area contributed by atoms with E-state index in [1.165, 1.54) is 4.90 Å². The molecule has 2 amide bonds. The first kappa shape index (κ1) is 16.6. The van der Waals surface area contributed by atoms with Crippen molar-refractivity contribution in [3.8, 4) is 0 Å². The van der Waals surface area contributed by atoms with Gasteiger partial charge in [-0.1, -0.05) is 30.3 Å². The number of benzene rings is 2. The monoisotopic (exact) mass is 333 g/mol. The standard InChI is InChI=1S/C20H19N3O2/c1-23(14-19(24)22-13-15-8-10-21-11-9-15)20(25)18-7-6-16-4-2-3-5-17(16)12-18/h2-12H,13-14H2,1H3,(H,22,24). The lowest BCUT2D eigenvalue weighted by atomic mass is 10.1. The molecular formula is C20H19N3O2. The van der Waals surface area contributed by atoms with Crippen molar-refractivity contribution in [2.24, 2.45) is 0 Å². The Labute approximate surface area is 146 Å². The summed E-state index contributed by atoms with van der Waals surface area (Å²) in [5, 5.41) is 4.89. The Morgan fingerprint density at radius 3 is 2.48 bits per heavy atom. The molecule has 0 saturated heterocycles. The number of nitrogens with one attached hydrogen (secondary N) is 1. The Hall–Kier alpha value is -3.21. The van der Waals surface area contributed by atoms with Crippen LogP contribution in [0.25, 0.3) is 10.8 Å². The first-order valence-corrected chi connectivity index (χ1v) is 8.03. The molecule has 0 aliphatic rings. The third kappa shape index (κ3) is 4.20. The predicted molar refractivity (Wildman–Crippen MR) is 97.0 cm³/mol. The average molecular weight is 333 g/mol. The van der Waals surface area contributed by atoms with E-state index in [0.29, 0.717) is 12.1 Å². The van der Waals surface area contributed by atoms with E-state index in [1.54, 1.807) is 25.5 Å². The molecule has 2 aromatic carbocycles. The van der Waals surface area contributed by atoms with Gasteiger partial charge in [0.05, 0.1) is 6.54 Å². The Morgan fingerprint density at radius 1 is 1.00 bits per heavy atom. The molecule has 3 rings (SSSR count). The fraction of sp³-hybridized carbons (Fsp3) is 0.150. The highest BCUT2D eigenvalue weighted by Gasteiger charge is 2.15. The Balaban J connectivity index is 1.60. The van der Waals surface area contributed by atoms with Crippen LogP contribution in [0.5, 0.6) is 0 Å². The van der Waals surface area contributed by atoms with Gasteiger partial charge in [-0.3, -0.25) is 14.6 Å². The van der Waals surface area contributed by atoms with E-state index in [9.17, 15) is 9.59 Å². The molecule has 25 heavy (non-hydrogen) atoms. The Bertz CT molecular complexity index is 894. The van der Waals surface area contributed by atoms with Crippen LogP contribution in [0.3, 0.4) is 0 Å². The summed E-state index contributed by atoms with van der Waals surface area (Å²) in [6.45, 7) is 0.427. The van der Waals surface area contributed by atoms with Crippen LogP contribution in [0.1, 0.15) is 15.9 Å². The highest BCUT2D eigenvalue weighted by Crippen LogP contribution is 2.16. The lowest BCUT2D eigenvalue weighted by molar-refractivity contribution is -0.121. The van der Waals surface area contributed by atoms with Gasteiger partial charge in [-0.05, 0) is 40.6 Å². The van der Waals surface area contributed by atoms with Gasteiger partial charge in [0, 0.05) is 31.5 Å². The van der Waals surface area contributed by atoms with Crippen LogP contribution >= 0.6 is 0 Å². The summed E-state index contributed by atoms with van der Waals surface area (Å²) < 4.78 is 0. The minimum absolute atomic E-state index is 0.0107. The summed E-state index contributed by atoms with van der Waals surface area (Å²) in [6, 6.07) is 17.1. The lowest BCUT2D eigenvalue weighted by Gasteiger charge is -2.17. The molecule has 1 heterocycles. The molecule has 0 bridgehead atoms. The second-order valence-corrected chi connectivity index (χ2v) is 5.86. The van der Waals surface area contributed by atoms with Crippen molar-refractivity contribution >= 4 is 22.6 Å². The van der Waals surface area contributed by atoms with Crippen molar-refractivity contribution in [3.05, 3.63) is 78.1 Å². The Morgan fingerprint density at radius 2 is 1.72 bits per heavy atom. The van der Waals surface area contributed by atoms with Gasteiger partial charge in [-0.2, -0.15) is 0 Å². The molecule has 5 nitrogen and oxygen atoms in total. The highest BCUT2D eigenvalue weighted by atomic mass is 16.2. The van der Waals surface area contributed by atoms with Crippen LogP contribution in [0, 0.1) is 0 Å². The second kappa shape index (κ2) is 7.57. The smallest absolute Gasteiger partial charge is 0.254 e. The van der Waals surface area contributed by atoms with Crippen molar-refractivity contribution in [3.63, 3.8) is 0 Å². The molecule has 0 aliphatic carbocycles.